The lowest BCUT2D eigenvalue weighted by Gasteiger charge is -2.18. The summed E-state index contributed by atoms with van der Waals surface area (Å²) in [6, 6.07) is 0. The van der Waals surface area contributed by atoms with Crippen LogP contribution in [0.5, 0.6) is 0 Å². The maximum absolute atomic E-state index is 4.28. The van der Waals surface area contributed by atoms with Crippen LogP contribution >= 0.6 is 0 Å². The van der Waals surface area contributed by atoms with Crippen molar-refractivity contribution in [3.05, 3.63) is 17.7 Å². The van der Waals surface area contributed by atoms with E-state index in [0.29, 0.717) is 5.41 Å². The highest BCUT2D eigenvalue weighted by Crippen LogP contribution is 2.20. The second-order valence-corrected chi connectivity index (χ2v) is 4.92. The molecule has 13 heavy (non-hydrogen) atoms. The van der Waals surface area contributed by atoms with E-state index in [1.807, 2.05) is 6.33 Å². The first-order valence-corrected chi connectivity index (χ1v) is 4.88. The Balaban J connectivity index is 2.60. The highest BCUT2D eigenvalue weighted by Gasteiger charge is 2.11. The highest BCUT2D eigenvalue weighted by atomic mass is 15.0. The topological polar surface area (TPSA) is 17.8 Å². The monoisotopic (exact) mass is 180 g/mol. The lowest BCUT2D eigenvalue weighted by Crippen LogP contribution is -2.10. The van der Waals surface area contributed by atoms with Crippen LogP contribution in [-0.4, -0.2) is 9.55 Å². The molecule has 0 aromatic carbocycles. The second kappa shape index (κ2) is 3.52. The average Bonchev–Trinajstić information content (AvgIpc) is 2.29. The third kappa shape index (κ3) is 2.87. The minimum Gasteiger partial charge on any atom is -0.335 e. The largest absolute Gasteiger partial charge is 0.335 e. The van der Waals surface area contributed by atoms with Crippen LogP contribution in [0.25, 0.3) is 0 Å². The lowest BCUT2D eigenvalue weighted by molar-refractivity contribution is 0.349. The fraction of sp³-hybridized carbons (Fsp3) is 0.727. The lowest BCUT2D eigenvalue weighted by atomic mass is 9.92. The van der Waals surface area contributed by atoms with Crippen molar-refractivity contribution >= 4 is 0 Å². The highest BCUT2D eigenvalue weighted by molar-refractivity contribution is 5.08. The molecule has 0 amide bonds. The van der Waals surface area contributed by atoms with Gasteiger partial charge in [0.25, 0.3) is 0 Å². The third-order valence-corrected chi connectivity index (χ3v) is 2.45. The number of rotatable bonds is 2. The number of hydrogen-bond donors (Lipinski definition) is 0. The molecule has 0 aliphatic carbocycles. The summed E-state index contributed by atoms with van der Waals surface area (Å²) < 4.78 is 2.24. The molecule has 0 saturated carbocycles. The Kier molecular flexibility index (Phi) is 2.79. The Bertz CT molecular complexity index is 279. The van der Waals surface area contributed by atoms with Gasteiger partial charge >= 0.3 is 0 Å². The van der Waals surface area contributed by atoms with E-state index in [0.717, 1.165) is 12.2 Å². The molecule has 74 valence electrons. The van der Waals surface area contributed by atoms with Gasteiger partial charge in [-0.3, -0.25) is 0 Å². The van der Waals surface area contributed by atoms with Gasteiger partial charge in [0.2, 0.25) is 0 Å². The van der Waals surface area contributed by atoms with Crippen molar-refractivity contribution in [1.29, 1.82) is 0 Å². The van der Waals surface area contributed by atoms with E-state index < -0.39 is 0 Å². The molecule has 0 spiro atoms. The molecule has 2 nitrogen and oxygen atoms in total. The average molecular weight is 180 g/mol. The molecule has 0 aliphatic heterocycles. The molecule has 1 aromatic heterocycles. The van der Waals surface area contributed by atoms with Crippen molar-refractivity contribution in [3.63, 3.8) is 0 Å². The van der Waals surface area contributed by atoms with Crippen LogP contribution in [0.15, 0.2) is 6.33 Å². The summed E-state index contributed by atoms with van der Waals surface area (Å²) in [5, 5.41) is 0. The fourth-order valence-corrected chi connectivity index (χ4v) is 1.23. The van der Waals surface area contributed by atoms with E-state index in [-0.39, 0.29) is 0 Å². The summed E-state index contributed by atoms with van der Waals surface area (Å²) in [6.07, 6.45) is 3.14. The van der Waals surface area contributed by atoms with Gasteiger partial charge in [-0.1, -0.05) is 20.8 Å². The predicted octanol–water partition coefficient (Wildman–Crippen LogP) is 2.94. The standard InChI is InChI=1S/C11H20N2/c1-9-10(2)13(8-12-9)7-6-11(3,4)5/h8H,6-7H2,1-5H3. The second-order valence-electron chi connectivity index (χ2n) is 4.92. The van der Waals surface area contributed by atoms with Gasteiger partial charge in [-0.05, 0) is 25.7 Å². The van der Waals surface area contributed by atoms with Gasteiger partial charge in [0.15, 0.2) is 0 Å². The van der Waals surface area contributed by atoms with E-state index in [1.165, 1.54) is 12.1 Å². The normalized spacial score (nSPS) is 12.1. The van der Waals surface area contributed by atoms with Crippen LogP contribution in [0, 0.1) is 19.3 Å². The molecule has 0 bridgehead atoms. The molecule has 0 radical (unpaired) electrons. The van der Waals surface area contributed by atoms with Crippen LogP contribution in [0.4, 0.5) is 0 Å². The van der Waals surface area contributed by atoms with Gasteiger partial charge in [0.05, 0.1) is 12.0 Å². The van der Waals surface area contributed by atoms with Crippen molar-refractivity contribution in [3.8, 4) is 0 Å². The molecular weight excluding hydrogens is 160 g/mol. The summed E-state index contributed by atoms with van der Waals surface area (Å²) in [5.41, 5.74) is 2.85. The van der Waals surface area contributed by atoms with E-state index in [9.17, 15) is 0 Å². The van der Waals surface area contributed by atoms with E-state index in [4.69, 9.17) is 0 Å². The first-order chi connectivity index (χ1) is 5.90. The van der Waals surface area contributed by atoms with Gasteiger partial charge in [-0.25, -0.2) is 4.98 Å². The molecule has 1 heterocycles. The Labute approximate surface area is 81.0 Å². The zero-order valence-corrected chi connectivity index (χ0v) is 9.39. The smallest absolute Gasteiger partial charge is 0.0951 e. The van der Waals surface area contributed by atoms with Crippen molar-refractivity contribution in [2.75, 3.05) is 0 Å². The molecule has 0 fully saturated rings. The number of imidazole rings is 1. The van der Waals surface area contributed by atoms with Gasteiger partial charge in [0, 0.05) is 12.2 Å². The molecule has 0 N–H and O–H groups in total. The van der Waals surface area contributed by atoms with Gasteiger partial charge in [0.1, 0.15) is 0 Å². The number of aryl methyl sites for hydroxylation is 2. The SMILES string of the molecule is Cc1ncn(CCC(C)(C)C)c1C. The van der Waals surface area contributed by atoms with Crippen molar-refractivity contribution in [2.45, 2.75) is 47.6 Å². The zero-order valence-electron chi connectivity index (χ0n) is 9.39. The maximum atomic E-state index is 4.28. The van der Waals surface area contributed by atoms with Crippen LogP contribution in [0.2, 0.25) is 0 Å². The number of aromatic nitrogens is 2. The Hall–Kier alpha value is -0.790. The van der Waals surface area contributed by atoms with Gasteiger partial charge in [-0.15, -0.1) is 0 Å². The number of nitrogens with zero attached hydrogens (tertiary/aromatic N) is 2. The summed E-state index contributed by atoms with van der Waals surface area (Å²) in [6.45, 7) is 12.1. The molecule has 1 aromatic rings. The first kappa shape index (κ1) is 10.3. The molecule has 2 heteroatoms. The molecule has 0 aliphatic rings. The third-order valence-electron chi connectivity index (χ3n) is 2.45. The first-order valence-electron chi connectivity index (χ1n) is 4.88. The molecular formula is C11H20N2. The minimum absolute atomic E-state index is 0.407. The maximum Gasteiger partial charge on any atom is 0.0951 e. The van der Waals surface area contributed by atoms with Crippen molar-refractivity contribution in [2.24, 2.45) is 5.41 Å². The Morgan fingerprint density at radius 3 is 2.31 bits per heavy atom. The summed E-state index contributed by atoms with van der Waals surface area (Å²) in [5.74, 6) is 0. The molecule has 0 saturated heterocycles. The summed E-state index contributed by atoms with van der Waals surface area (Å²) in [7, 11) is 0. The minimum atomic E-state index is 0.407. The molecule has 0 unspecified atom stereocenters. The van der Waals surface area contributed by atoms with E-state index >= 15 is 0 Å². The van der Waals surface area contributed by atoms with Crippen LogP contribution in [0.1, 0.15) is 38.6 Å². The predicted molar refractivity (Wildman–Crippen MR) is 55.8 cm³/mol. The van der Waals surface area contributed by atoms with Crippen LogP contribution in [0.3, 0.4) is 0 Å². The Morgan fingerprint density at radius 1 is 1.31 bits per heavy atom. The Morgan fingerprint density at radius 2 is 1.92 bits per heavy atom. The zero-order chi connectivity index (χ0) is 10.1. The van der Waals surface area contributed by atoms with Crippen LogP contribution < -0.4 is 0 Å². The summed E-state index contributed by atoms with van der Waals surface area (Å²) >= 11 is 0. The van der Waals surface area contributed by atoms with Crippen molar-refractivity contribution in [1.82, 2.24) is 9.55 Å². The van der Waals surface area contributed by atoms with E-state index in [2.05, 4.69) is 44.2 Å². The molecule has 0 atom stereocenters. The van der Waals surface area contributed by atoms with Crippen LogP contribution in [-0.2, 0) is 6.54 Å². The van der Waals surface area contributed by atoms with Crippen molar-refractivity contribution < 1.29 is 0 Å². The molecule has 1 rings (SSSR count). The number of hydrogen-bond acceptors (Lipinski definition) is 1. The quantitative estimate of drug-likeness (QED) is 0.684. The summed E-state index contributed by atoms with van der Waals surface area (Å²) in [4.78, 5) is 4.28. The fourth-order valence-electron chi connectivity index (χ4n) is 1.23. The van der Waals surface area contributed by atoms with Gasteiger partial charge < -0.3 is 4.57 Å². The van der Waals surface area contributed by atoms with E-state index in [1.54, 1.807) is 0 Å². The van der Waals surface area contributed by atoms with Gasteiger partial charge in [-0.2, -0.15) is 0 Å².